The molecule has 3 aromatic rings. The minimum Gasteiger partial charge on any atom is -0.497 e. The molecule has 0 bridgehead atoms. The van der Waals surface area contributed by atoms with Crippen LogP contribution in [0.2, 0.25) is 5.02 Å². The van der Waals surface area contributed by atoms with E-state index in [0.717, 1.165) is 16.7 Å². The number of nitrogens with zero attached hydrogens (tertiary/aromatic N) is 1. The van der Waals surface area contributed by atoms with Crippen molar-refractivity contribution < 1.29 is 14.3 Å². The summed E-state index contributed by atoms with van der Waals surface area (Å²) in [5, 5.41) is 3.48. The third kappa shape index (κ3) is 7.09. The van der Waals surface area contributed by atoms with Gasteiger partial charge in [0.15, 0.2) is 0 Å². The first kappa shape index (κ1) is 24.3. The Labute approximate surface area is 200 Å². The van der Waals surface area contributed by atoms with Crippen molar-refractivity contribution in [2.45, 2.75) is 32.4 Å². The predicted molar refractivity (Wildman–Crippen MR) is 131 cm³/mol. The van der Waals surface area contributed by atoms with E-state index >= 15 is 0 Å². The minimum absolute atomic E-state index is 0.146. The van der Waals surface area contributed by atoms with E-state index in [1.54, 1.807) is 24.1 Å². The average Bonchev–Trinajstić information content (AvgIpc) is 2.82. The maximum Gasteiger partial charge on any atom is 0.243 e. The molecule has 0 aliphatic heterocycles. The number of halogens is 1. The third-order valence-corrected chi connectivity index (χ3v) is 5.59. The van der Waals surface area contributed by atoms with Gasteiger partial charge in [-0.2, -0.15) is 0 Å². The predicted octanol–water partition coefficient (Wildman–Crippen LogP) is 4.67. The van der Waals surface area contributed by atoms with E-state index < -0.39 is 6.04 Å². The Hall–Kier alpha value is -3.31. The molecule has 5 nitrogen and oxygen atoms in total. The van der Waals surface area contributed by atoms with Crippen molar-refractivity contribution in [1.82, 2.24) is 10.2 Å². The average molecular weight is 465 g/mol. The van der Waals surface area contributed by atoms with Crippen molar-refractivity contribution in [2.75, 3.05) is 13.7 Å². The minimum atomic E-state index is -0.662. The quantitative estimate of drug-likeness (QED) is 0.474. The molecule has 6 heteroatoms. The standard InChI is InChI=1S/C27H29ClN2O3/c1-3-29-27(32)25(17-20-9-5-4-6-10-20)30(19-22-12-8-14-24(16-22)33-2)26(31)18-21-11-7-13-23(28)15-21/h4-16,25H,3,17-19H2,1-2H3,(H,29,32)/t25-/m0/s1. The molecule has 0 heterocycles. The molecular weight excluding hydrogens is 436 g/mol. The first-order chi connectivity index (χ1) is 16.0. The van der Waals surface area contributed by atoms with Gasteiger partial charge in [-0.25, -0.2) is 0 Å². The topological polar surface area (TPSA) is 58.6 Å². The Morgan fingerprint density at radius 2 is 1.64 bits per heavy atom. The van der Waals surface area contributed by atoms with Crippen molar-refractivity contribution in [3.05, 3.63) is 101 Å². The number of benzene rings is 3. The van der Waals surface area contributed by atoms with Crippen LogP contribution in [-0.4, -0.2) is 36.4 Å². The lowest BCUT2D eigenvalue weighted by molar-refractivity contribution is -0.140. The van der Waals surface area contributed by atoms with Crippen molar-refractivity contribution in [3.63, 3.8) is 0 Å². The van der Waals surface area contributed by atoms with Gasteiger partial charge in [-0.15, -0.1) is 0 Å². The Morgan fingerprint density at radius 1 is 0.939 bits per heavy atom. The fraction of sp³-hybridized carbons (Fsp3) is 0.259. The molecule has 0 aliphatic carbocycles. The van der Waals surface area contributed by atoms with Crippen LogP contribution >= 0.6 is 11.6 Å². The zero-order valence-electron chi connectivity index (χ0n) is 19.0. The summed E-state index contributed by atoms with van der Waals surface area (Å²) in [5.41, 5.74) is 2.67. The van der Waals surface area contributed by atoms with E-state index in [-0.39, 0.29) is 24.8 Å². The Morgan fingerprint density at radius 3 is 2.33 bits per heavy atom. The summed E-state index contributed by atoms with van der Waals surface area (Å²) >= 11 is 6.13. The number of carbonyl (C=O) groups is 2. The smallest absolute Gasteiger partial charge is 0.243 e. The number of carbonyl (C=O) groups excluding carboxylic acids is 2. The molecule has 3 aromatic carbocycles. The molecule has 0 aliphatic rings. The van der Waals surface area contributed by atoms with Crippen LogP contribution in [0.3, 0.4) is 0 Å². The molecule has 0 saturated heterocycles. The van der Waals surface area contributed by atoms with Gasteiger partial charge in [0.1, 0.15) is 11.8 Å². The second-order valence-corrected chi connectivity index (χ2v) is 8.22. The van der Waals surface area contributed by atoms with Gasteiger partial charge in [0, 0.05) is 24.5 Å². The van der Waals surface area contributed by atoms with Crippen molar-refractivity contribution in [1.29, 1.82) is 0 Å². The molecular formula is C27H29ClN2O3. The number of ether oxygens (including phenoxy) is 1. The Kier molecular flexibility index (Phi) is 8.90. The zero-order valence-corrected chi connectivity index (χ0v) is 19.7. The number of methoxy groups -OCH3 is 1. The lowest BCUT2D eigenvalue weighted by Gasteiger charge is -2.31. The highest BCUT2D eigenvalue weighted by Crippen LogP contribution is 2.20. The normalized spacial score (nSPS) is 11.5. The van der Waals surface area contributed by atoms with Gasteiger partial charge in [0.05, 0.1) is 13.5 Å². The largest absolute Gasteiger partial charge is 0.497 e. The fourth-order valence-electron chi connectivity index (χ4n) is 3.74. The lowest BCUT2D eigenvalue weighted by Crippen LogP contribution is -2.50. The van der Waals surface area contributed by atoms with Gasteiger partial charge >= 0.3 is 0 Å². The van der Waals surface area contributed by atoms with E-state index in [2.05, 4.69) is 5.32 Å². The molecule has 1 N–H and O–H groups in total. The fourth-order valence-corrected chi connectivity index (χ4v) is 3.95. The van der Waals surface area contributed by atoms with Gasteiger partial charge in [0.2, 0.25) is 11.8 Å². The zero-order chi connectivity index (χ0) is 23.6. The Bertz CT molecular complexity index is 1070. The molecule has 0 radical (unpaired) electrons. The van der Waals surface area contributed by atoms with Crippen molar-refractivity contribution in [2.24, 2.45) is 0 Å². The van der Waals surface area contributed by atoms with Crippen LogP contribution in [0, 0.1) is 0 Å². The SMILES string of the molecule is CCNC(=O)[C@H](Cc1ccccc1)N(Cc1cccc(OC)c1)C(=O)Cc1cccc(Cl)c1. The van der Waals surface area contributed by atoms with Gasteiger partial charge in [-0.05, 0) is 47.9 Å². The van der Waals surface area contributed by atoms with Gasteiger partial charge in [-0.3, -0.25) is 9.59 Å². The van der Waals surface area contributed by atoms with Crippen LogP contribution in [0.15, 0.2) is 78.9 Å². The number of hydrogen-bond acceptors (Lipinski definition) is 3. The summed E-state index contributed by atoms with van der Waals surface area (Å²) in [4.78, 5) is 28.4. The summed E-state index contributed by atoms with van der Waals surface area (Å²) in [7, 11) is 1.61. The van der Waals surface area contributed by atoms with E-state index in [0.29, 0.717) is 23.7 Å². The number of nitrogens with one attached hydrogen (secondary N) is 1. The van der Waals surface area contributed by atoms with E-state index in [1.807, 2.05) is 73.7 Å². The molecule has 1 atom stereocenters. The van der Waals surface area contributed by atoms with Crippen LogP contribution in [-0.2, 0) is 29.0 Å². The van der Waals surface area contributed by atoms with E-state index in [4.69, 9.17) is 16.3 Å². The van der Waals surface area contributed by atoms with E-state index in [9.17, 15) is 9.59 Å². The maximum absolute atomic E-state index is 13.6. The maximum atomic E-state index is 13.6. The molecule has 0 unspecified atom stereocenters. The number of rotatable bonds is 10. The van der Waals surface area contributed by atoms with Crippen LogP contribution in [0.1, 0.15) is 23.6 Å². The lowest BCUT2D eigenvalue weighted by atomic mass is 10.0. The van der Waals surface area contributed by atoms with Gasteiger partial charge in [0.25, 0.3) is 0 Å². The first-order valence-corrected chi connectivity index (χ1v) is 11.4. The monoisotopic (exact) mass is 464 g/mol. The van der Waals surface area contributed by atoms with Crippen LogP contribution in [0.25, 0.3) is 0 Å². The molecule has 2 amide bonds. The number of hydrogen-bond donors (Lipinski definition) is 1. The Balaban J connectivity index is 1.96. The molecule has 0 saturated carbocycles. The number of likely N-dealkylation sites (N-methyl/N-ethyl adjacent to an activating group) is 1. The van der Waals surface area contributed by atoms with Crippen LogP contribution in [0.5, 0.6) is 5.75 Å². The van der Waals surface area contributed by atoms with Gasteiger partial charge < -0.3 is 15.0 Å². The third-order valence-electron chi connectivity index (χ3n) is 5.35. The van der Waals surface area contributed by atoms with Crippen LogP contribution < -0.4 is 10.1 Å². The molecule has 33 heavy (non-hydrogen) atoms. The molecule has 0 fully saturated rings. The van der Waals surface area contributed by atoms with Gasteiger partial charge in [-0.1, -0.05) is 66.2 Å². The molecule has 0 aromatic heterocycles. The van der Waals surface area contributed by atoms with Crippen molar-refractivity contribution in [3.8, 4) is 5.75 Å². The highest BCUT2D eigenvalue weighted by molar-refractivity contribution is 6.30. The van der Waals surface area contributed by atoms with Crippen LogP contribution in [0.4, 0.5) is 0 Å². The second kappa shape index (κ2) is 12.1. The van der Waals surface area contributed by atoms with Crippen molar-refractivity contribution >= 4 is 23.4 Å². The summed E-state index contributed by atoms with van der Waals surface area (Å²) in [5.74, 6) is 0.378. The van der Waals surface area contributed by atoms with E-state index in [1.165, 1.54) is 0 Å². The second-order valence-electron chi connectivity index (χ2n) is 7.78. The number of amides is 2. The highest BCUT2D eigenvalue weighted by Gasteiger charge is 2.30. The summed E-state index contributed by atoms with van der Waals surface area (Å²) in [6, 6.07) is 23.9. The summed E-state index contributed by atoms with van der Waals surface area (Å²) < 4.78 is 5.35. The summed E-state index contributed by atoms with van der Waals surface area (Å²) in [6.45, 7) is 2.64. The highest BCUT2D eigenvalue weighted by atomic mass is 35.5. The summed E-state index contributed by atoms with van der Waals surface area (Å²) in [6.07, 6.45) is 0.563. The molecule has 3 rings (SSSR count). The first-order valence-electron chi connectivity index (χ1n) is 11.0. The molecule has 172 valence electrons. The molecule has 0 spiro atoms.